The lowest BCUT2D eigenvalue weighted by molar-refractivity contribution is -0.119. The number of carbonyl (C=O) groups excluding carboxylic acids is 1. The molecule has 0 saturated heterocycles. The maximum Gasteiger partial charge on any atom is 0.248 e. The SMILES string of the molecule is CCCCCCN1C(=O)C(N)c2cc(Br)ccc21. The zero-order chi connectivity index (χ0) is 13.1. The van der Waals surface area contributed by atoms with Crippen LogP contribution in [-0.2, 0) is 4.79 Å². The molecule has 4 heteroatoms. The second-order valence-corrected chi connectivity index (χ2v) is 5.65. The number of rotatable bonds is 5. The van der Waals surface area contributed by atoms with Gasteiger partial charge in [-0.25, -0.2) is 0 Å². The van der Waals surface area contributed by atoms with E-state index < -0.39 is 6.04 Å². The van der Waals surface area contributed by atoms with Crippen LogP contribution in [0.3, 0.4) is 0 Å². The van der Waals surface area contributed by atoms with Crippen LogP contribution in [0.4, 0.5) is 5.69 Å². The van der Waals surface area contributed by atoms with Crippen molar-refractivity contribution in [3.8, 4) is 0 Å². The molecule has 98 valence electrons. The molecule has 2 N–H and O–H groups in total. The molecule has 0 radical (unpaired) electrons. The van der Waals surface area contributed by atoms with Crippen molar-refractivity contribution in [2.75, 3.05) is 11.4 Å². The molecular weight excluding hydrogens is 292 g/mol. The highest BCUT2D eigenvalue weighted by Gasteiger charge is 2.34. The normalized spacial score (nSPS) is 18.3. The van der Waals surface area contributed by atoms with Gasteiger partial charge in [0.05, 0.1) is 0 Å². The van der Waals surface area contributed by atoms with E-state index in [0.717, 1.165) is 28.7 Å². The van der Waals surface area contributed by atoms with E-state index in [1.165, 1.54) is 19.3 Å². The van der Waals surface area contributed by atoms with Crippen molar-refractivity contribution in [1.29, 1.82) is 0 Å². The van der Waals surface area contributed by atoms with Crippen molar-refractivity contribution < 1.29 is 4.79 Å². The predicted molar refractivity (Wildman–Crippen MR) is 77.6 cm³/mol. The summed E-state index contributed by atoms with van der Waals surface area (Å²) in [5, 5.41) is 0. The first-order valence-corrected chi connectivity index (χ1v) is 7.31. The topological polar surface area (TPSA) is 46.3 Å². The van der Waals surface area contributed by atoms with Crippen molar-refractivity contribution in [1.82, 2.24) is 0 Å². The third kappa shape index (κ3) is 2.59. The lowest BCUT2D eigenvalue weighted by Crippen LogP contribution is -2.32. The smallest absolute Gasteiger partial charge is 0.248 e. The molecule has 0 bridgehead atoms. The Labute approximate surface area is 116 Å². The average Bonchev–Trinajstić information content (AvgIpc) is 2.59. The molecule has 1 aromatic rings. The Bertz CT molecular complexity index is 447. The number of unbranched alkanes of at least 4 members (excludes halogenated alkanes) is 3. The van der Waals surface area contributed by atoms with E-state index in [-0.39, 0.29) is 5.91 Å². The highest BCUT2D eigenvalue weighted by Crippen LogP contribution is 2.36. The van der Waals surface area contributed by atoms with Crippen molar-refractivity contribution >= 4 is 27.5 Å². The Morgan fingerprint density at radius 1 is 1.33 bits per heavy atom. The molecule has 2 rings (SSSR count). The van der Waals surface area contributed by atoms with Crippen molar-refractivity contribution in [3.05, 3.63) is 28.2 Å². The van der Waals surface area contributed by atoms with Gasteiger partial charge in [-0.15, -0.1) is 0 Å². The fraction of sp³-hybridized carbons (Fsp3) is 0.500. The van der Waals surface area contributed by atoms with E-state index in [9.17, 15) is 4.79 Å². The highest BCUT2D eigenvalue weighted by atomic mass is 79.9. The third-order valence-corrected chi connectivity index (χ3v) is 3.88. The molecule has 1 heterocycles. The third-order valence-electron chi connectivity index (χ3n) is 3.38. The molecule has 0 aliphatic carbocycles. The minimum atomic E-state index is -0.497. The second-order valence-electron chi connectivity index (χ2n) is 4.73. The summed E-state index contributed by atoms with van der Waals surface area (Å²) < 4.78 is 0.970. The second kappa shape index (κ2) is 5.85. The van der Waals surface area contributed by atoms with E-state index in [4.69, 9.17) is 5.73 Å². The zero-order valence-corrected chi connectivity index (χ0v) is 12.2. The largest absolute Gasteiger partial charge is 0.316 e. The summed E-state index contributed by atoms with van der Waals surface area (Å²) in [7, 11) is 0. The molecule has 1 unspecified atom stereocenters. The molecule has 0 saturated carbocycles. The predicted octanol–water partition coefficient (Wildman–Crippen LogP) is 3.38. The number of hydrogen-bond donors (Lipinski definition) is 1. The van der Waals surface area contributed by atoms with Crippen molar-refractivity contribution in [3.63, 3.8) is 0 Å². The van der Waals surface area contributed by atoms with Gasteiger partial charge in [-0.05, 0) is 24.6 Å². The van der Waals surface area contributed by atoms with Crippen LogP contribution in [0.5, 0.6) is 0 Å². The van der Waals surface area contributed by atoms with Gasteiger partial charge in [-0.2, -0.15) is 0 Å². The molecule has 1 aromatic carbocycles. The quantitative estimate of drug-likeness (QED) is 0.847. The molecule has 0 fully saturated rings. The van der Waals surface area contributed by atoms with E-state index in [0.29, 0.717) is 0 Å². The van der Waals surface area contributed by atoms with Gasteiger partial charge in [0.1, 0.15) is 6.04 Å². The Morgan fingerprint density at radius 3 is 2.83 bits per heavy atom. The van der Waals surface area contributed by atoms with Crippen LogP contribution < -0.4 is 10.6 Å². The van der Waals surface area contributed by atoms with Crippen LogP contribution in [0.15, 0.2) is 22.7 Å². The van der Waals surface area contributed by atoms with E-state index in [1.54, 1.807) is 0 Å². The zero-order valence-electron chi connectivity index (χ0n) is 10.7. The summed E-state index contributed by atoms with van der Waals surface area (Å²) in [6.45, 7) is 2.96. The summed E-state index contributed by atoms with van der Waals surface area (Å²) in [4.78, 5) is 14.0. The van der Waals surface area contributed by atoms with Crippen LogP contribution in [0.25, 0.3) is 0 Å². The molecule has 1 aliphatic heterocycles. The molecule has 1 amide bonds. The van der Waals surface area contributed by atoms with E-state index in [2.05, 4.69) is 22.9 Å². The van der Waals surface area contributed by atoms with Gasteiger partial charge in [0.25, 0.3) is 0 Å². The van der Waals surface area contributed by atoms with Crippen LogP contribution >= 0.6 is 15.9 Å². The van der Waals surface area contributed by atoms with Crippen LogP contribution in [-0.4, -0.2) is 12.5 Å². The summed E-state index contributed by atoms with van der Waals surface area (Å²) in [5.41, 5.74) is 7.88. The Kier molecular flexibility index (Phi) is 4.40. The molecule has 3 nitrogen and oxygen atoms in total. The van der Waals surface area contributed by atoms with Gasteiger partial charge in [0.2, 0.25) is 5.91 Å². The first-order chi connectivity index (χ1) is 8.65. The Morgan fingerprint density at radius 2 is 2.11 bits per heavy atom. The number of anilines is 1. The maximum absolute atomic E-state index is 12.1. The number of nitrogens with two attached hydrogens (primary N) is 1. The standard InChI is InChI=1S/C14H19BrN2O/c1-2-3-4-5-8-17-12-7-6-10(15)9-11(12)13(16)14(17)18/h6-7,9,13H,2-5,8,16H2,1H3. The molecule has 0 aromatic heterocycles. The van der Waals surface area contributed by atoms with E-state index >= 15 is 0 Å². The number of carbonyl (C=O) groups is 1. The van der Waals surface area contributed by atoms with Gasteiger partial charge in [-0.3, -0.25) is 4.79 Å². The fourth-order valence-corrected chi connectivity index (χ4v) is 2.75. The van der Waals surface area contributed by atoms with E-state index in [1.807, 2.05) is 23.1 Å². The highest BCUT2D eigenvalue weighted by molar-refractivity contribution is 9.10. The van der Waals surface area contributed by atoms with Crippen LogP contribution in [0.1, 0.15) is 44.2 Å². The number of hydrogen-bond acceptors (Lipinski definition) is 2. The van der Waals surface area contributed by atoms with Gasteiger partial charge in [0, 0.05) is 22.3 Å². The molecule has 0 spiro atoms. The summed E-state index contributed by atoms with van der Waals surface area (Å²) in [5.74, 6) is 0.0274. The van der Waals surface area contributed by atoms with Crippen LogP contribution in [0, 0.1) is 0 Å². The molecular formula is C14H19BrN2O. The summed E-state index contributed by atoms with van der Waals surface area (Å²) in [6.07, 6.45) is 4.64. The lowest BCUT2D eigenvalue weighted by Gasteiger charge is -2.17. The number of amides is 1. The summed E-state index contributed by atoms with van der Waals surface area (Å²) in [6, 6.07) is 5.39. The summed E-state index contributed by atoms with van der Waals surface area (Å²) >= 11 is 3.42. The monoisotopic (exact) mass is 310 g/mol. The first kappa shape index (κ1) is 13.6. The minimum Gasteiger partial charge on any atom is -0.316 e. The number of benzene rings is 1. The number of fused-ring (bicyclic) bond motifs is 1. The minimum absolute atomic E-state index is 0.0274. The van der Waals surface area contributed by atoms with Gasteiger partial charge >= 0.3 is 0 Å². The molecule has 1 aliphatic rings. The fourth-order valence-electron chi connectivity index (χ4n) is 2.37. The first-order valence-electron chi connectivity index (χ1n) is 6.51. The lowest BCUT2D eigenvalue weighted by atomic mass is 10.1. The Hall–Kier alpha value is -0.870. The number of halogens is 1. The average molecular weight is 311 g/mol. The van der Waals surface area contributed by atoms with Crippen molar-refractivity contribution in [2.45, 2.75) is 38.6 Å². The number of nitrogens with zero attached hydrogens (tertiary/aromatic N) is 1. The van der Waals surface area contributed by atoms with Crippen molar-refractivity contribution in [2.24, 2.45) is 5.73 Å². The Balaban J connectivity index is 2.11. The molecule has 1 atom stereocenters. The van der Waals surface area contributed by atoms with Crippen LogP contribution in [0.2, 0.25) is 0 Å². The van der Waals surface area contributed by atoms with Gasteiger partial charge < -0.3 is 10.6 Å². The van der Waals surface area contributed by atoms with Gasteiger partial charge in [-0.1, -0.05) is 42.1 Å². The van der Waals surface area contributed by atoms with Gasteiger partial charge in [0.15, 0.2) is 0 Å². The maximum atomic E-state index is 12.1. The molecule has 18 heavy (non-hydrogen) atoms.